The zero-order chi connectivity index (χ0) is 17.2. The Kier molecular flexibility index (Phi) is 5.01. The number of nitrogens with zero attached hydrogens (tertiary/aromatic N) is 1. The highest BCUT2D eigenvalue weighted by molar-refractivity contribution is 6.39. The molecule has 23 heavy (non-hydrogen) atoms. The van der Waals surface area contributed by atoms with Crippen LogP contribution in [0.3, 0.4) is 0 Å². The highest BCUT2D eigenvalue weighted by atomic mass is 35.5. The Morgan fingerprint density at radius 3 is 2.30 bits per heavy atom. The van der Waals surface area contributed by atoms with Crippen molar-refractivity contribution in [2.75, 3.05) is 5.32 Å². The van der Waals surface area contributed by atoms with E-state index in [-0.39, 0.29) is 15.7 Å². The molecule has 0 aliphatic carbocycles. The standard InChI is InChI=1S/C14H9Cl2F3N2O2/c15-9-2-1-3-10(16)13(9)20-11(22)7-21-6-8(14(17,18)19)4-5-12(21)23/h1-6H,7H2,(H,20,22). The number of benzene rings is 1. The SMILES string of the molecule is O=C(Cn1cc(C(F)(F)F)ccc1=O)Nc1c(Cl)cccc1Cl. The van der Waals surface area contributed by atoms with Crippen LogP contribution in [0.4, 0.5) is 18.9 Å². The summed E-state index contributed by atoms with van der Waals surface area (Å²) in [4.78, 5) is 23.5. The van der Waals surface area contributed by atoms with E-state index in [1.54, 1.807) is 6.07 Å². The molecule has 2 rings (SSSR count). The Morgan fingerprint density at radius 2 is 1.74 bits per heavy atom. The van der Waals surface area contributed by atoms with E-state index >= 15 is 0 Å². The fourth-order valence-corrected chi connectivity index (χ4v) is 2.27. The third-order valence-electron chi connectivity index (χ3n) is 2.85. The van der Waals surface area contributed by atoms with E-state index in [1.807, 2.05) is 0 Å². The molecule has 0 aliphatic heterocycles. The van der Waals surface area contributed by atoms with Crippen LogP contribution in [0.15, 0.2) is 41.3 Å². The van der Waals surface area contributed by atoms with Crippen LogP contribution in [0.2, 0.25) is 10.0 Å². The van der Waals surface area contributed by atoms with Crippen LogP contribution in [0.5, 0.6) is 0 Å². The van der Waals surface area contributed by atoms with E-state index in [4.69, 9.17) is 23.2 Å². The first-order valence-corrected chi connectivity index (χ1v) is 6.95. The molecule has 0 bridgehead atoms. The summed E-state index contributed by atoms with van der Waals surface area (Å²) in [5.74, 6) is -0.735. The molecule has 2 aromatic rings. The van der Waals surface area contributed by atoms with Crippen molar-refractivity contribution in [1.29, 1.82) is 0 Å². The maximum atomic E-state index is 12.6. The van der Waals surface area contributed by atoms with Gasteiger partial charge >= 0.3 is 6.18 Å². The fraction of sp³-hybridized carbons (Fsp3) is 0.143. The molecule has 122 valence electrons. The summed E-state index contributed by atoms with van der Waals surface area (Å²) in [5, 5.41) is 2.71. The van der Waals surface area contributed by atoms with Gasteiger partial charge in [0.25, 0.3) is 5.56 Å². The number of hydrogen-bond acceptors (Lipinski definition) is 2. The van der Waals surface area contributed by atoms with Crippen LogP contribution in [0.1, 0.15) is 5.56 Å². The first kappa shape index (κ1) is 17.4. The average Bonchev–Trinajstić information content (AvgIpc) is 2.44. The van der Waals surface area contributed by atoms with Gasteiger partial charge in [0.2, 0.25) is 5.91 Å². The predicted octanol–water partition coefficient (Wildman–Crippen LogP) is 3.81. The second kappa shape index (κ2) is 6.64. The van der Waals surface area contributed by atoms with Crippen LogP contribution in [0, 0.1) is 0 Å². The molecule has 1 aromatic carbocycles. The van der Waals surface area contributed by atoms with E-state index in [9.17, 15) is 22.8 Å². The van der Waals surface area contributed by atoms with E-state index < -0.39 is 29.8 Å². The van der Waals surface area contributed by atoms with Crippen LogP contribution >= 0.6 is 23.2 Å². The largest absolute Gasteiger partial charge is 0.417 e. The van der Waals surface area contributed by atoms with Gasteiger partial charge in [-0.15, -0.1) is 0 Å². The van der Waals surface area contributed by atoms with Gasteiger partial charge < -0.3 is 9.88 Å². The molecule has 0 unspecified atom stereocenters. The van der Waals surface area contributed by atoms with Gasteiger partial charge in [-0.25, -0.2) is 0 Å². The minimum absolute atomic E-state index is 0.126. The summed E-state index contributed by atoms with van der Waals surface area (Å²) in [5.41, 5.74) is -1.64. The molecule has 1 aromatic heterocycles. The minimum atomic E-state index is -4.61. The van der Waals surface area contributed by atoms with E-state index in [1.165, 1.54) is 12.1 Å². The van der Waals surface area contributed by atoms with E-state index in [2.05, 4.69) is 5.32 Å². The first-order valence-electron chi connectivity index (χ1n) is 6.20. The van der Waals surface area contributed by atoms with Gasteiger partial charge in [-0.3, -0.25) is 9.59 Å². The lowest BCUT2D eigenvalue weighted by molar-refractivity contribution is -0.138. The Bertz CT molecular complexity index is 783. The second-order valence-corrected chi connectivity index (χ2v) is 5.34. The maximum absolute atomic E-state index is 12.6. The number of carbonyl (C=O) groups excluding carboxylic acids is 1. The molecule has 0 spiro atoms. The molecular weight excluding hydrogens is 356 g/mol. The molecule has 9 heteroatoms. The van der Waals surface area contributed by atoms with Crippen molar-refractivity contribution in [3.63, 3.8) is 0 Å². The molecule has 0 saturated heterocycles. The molecule has 0 saturated carbocycles. The second-order valence-electron chi connectivity index (χ2n) is 4.53. The summed E-state index contributed by atoms with van der Waals surface area (Å²) in [6.45, 7) is -0.607. The normalized spacial score (nSPS) is 11.3. The number of para-hydroxylation sites is 1. The lowest BCUT2D eigenvalue weighted by atomic mass is 10.2. The monoisotopic (exact) mass is 364 g/mol. The summed E-state index contributed by atoms with van der Waals surface area (Å²) in [6.07, 6.45) is -4.03. The van der Waals surface area contributed by atoms with Gasteiger partial charge in [-0.1, -0.05) is 29.3 Å². The fourth-order valence-electron chi connectivity index (χ4n) is 1.77. The number of carbonyl (C=O) groups is 1. The highest BCUT2D eigenvalue weighted by Crippen LogP contribution is 2.30. The van der Waals surface area contributed by atoms with Gasteiger partial charge in [0.1, 0.15) is 6.54 Å². The number of hydrogen-bond donors (Lipinski definition) is 1. The van der Waals surface area contributed by atoms with Crippen molar-refractivity contribution in [3.05, 3.63) is 62.5 Å². The zero-order valence-electron chi connectivity index (χ0n) is 11.3. The number of rotatable bonds is 3. The summed E-state index contributed by atoms with van der Waals surface area (Å²) in [7, 11) is 0. The van der Waals surface area contributed by atoms with Crippen molar-refractivity contribution >= 4 is 34.8 Å². The van der Waals surface area contributed by atoms with Gasteiger partial charge in [-0.2, -0.15) is 13.2 Å². The third kappa shape index (κ3) is 4.27. The van der Waals surface area contributed by atoms with Gasteiger partial charge in [0, 0.05) is 12.3 Å². The Morgan fingerprint density at radius 1 is 1.13 bits per heavy atom. The van der Waals surface area contributed by atoms with E-state index in [0.717, 1.165) is 6.07 Å². The molecular formula is C14H9Cl2F3N2O2. The van der Waals surface area contributed by atoms with Crippen molar-refractivity contribution in [3.8, 4) is 0 Å². The zero-order valence-corrected chi connectivity index (χ0v) is 12.8. The van der Waals surface area contributed by atoms with Crippen molar-refractivity contribution in [2.45, 2.75) is 12.7 Å². The van der Waals surface area contributed by atoms with Crippen LogP contribution in [-0.2, 0) is 17.5 Å². The summed E-state index contributed by atoms with van der Waals surface area (Å²) >= 11 is 11.8. The maximum Gasteiger partial charge on any atom is 0.417 e. The number of aromatic nitrogens is 1. The molecule has 4 nitrogen and oxygen atoms in total. The quantitative estimate of drug-likeness (QED) is 0.899. The number of alkyl halides is 3. The van der Waals surface area contributed by atoms with Crippen LogP contribution < -0.4 is 10.9 Å². The molecule has 1 amide bonds. The van der Waals surface area contributed by atoms with Gasteiger partial charge in [0.15, 0.2) is 0 Å². The van der Waals surface area contributed by atoms with Crippen LogP contribution in [-0.4, -0.2) is 10.5 Å². The Labute approximate surface area is 138 Å². The lowest BCUT2D eigenvalue weighted by Gasteiger charge is -2.12. The summed E-state index contributed by atoms with van der Waals surface area (Å²) in [6, 6.07) is 5.94. The number of anilines is 1. The molecule has 1 N–H and O–H groups in total. The third-order valence-corrected chi connectivity index (χ3v) is 3.48. The predicted molar refractivity (Wildman–Crippen MR) is 80.8 cm³/mol. The molecule has 0 fully saturated rings. The first-order chi connectivity index (χ1) is 10.7. The van der Waals surface area contributed by atoms with Crippen LogP contribution in [0.25, 0.3) is 0 Å². The average molecular weight is 365 g/mol. The Hall–Kier alpha value is -1.99. The molecule has 1 heterocycles. The molecule has 0 radical (unpaired) electrons. The minimum Gasteiger partial charge on any atom is -0.322 e. The molecule has 0 atom stereocenters. The van der Waals surface area contributed by atoms with Crippen molar-refractivity contribution in [2.24, 2.45) is 0 Å². The van der Waals surface area contributed by atoms with Crippen molar-refractivity contribution in [1.82, 2.24) is 4.57 Å². The lowest BCUT2D eigenvalue weighted by Crippen LogP contribution is -2.28. The van der Waals surface area contributed by atoms with Gasteiger partial charge in [0.05, 0.1) is 21.3 Å². The topological polar surface area (TPSA) is 51.1 Å². The smallest absolute Gasteiger partial charge is 0.322 e. The number of pyridine rings is 1. The van der Waals surface area contributed by atoms with Gasteiger partial charge in [-0.05, 0) is 18.2 Å². The molecule has 0 aliphatic rings. The number of halogens is 5. The highest BCUT2D eigenvalue weighted by Gasteiger charge is 2.31. The number of amides is 1. The van der Waals surface area contributed by atoms with Crippen molar-refractivity contribution < 1.29 is 18.0 Å². The summed E-state index contributed by atoms with van der Waals surface area (Å²) < 4.78 is 38.6. The Balaban J connectivity index is 2.22. The number of nitrogens with one attached hydrogen (secondary N) is 1. The van der Waals surface area contributed by atoms with E-state index in [0.29, 0.717) is 16.8 Å².